The molecule has 0 saturated heterocycles. The third kappa shape index (κ3) is 5.13. The van der Waals surface area contributed by atoms with Crippen LogP contribution in [0.1, 0.15) is 29.0 Å². The summed E-state index contributed by atoms with van der Waals surface area (Å²) in [7, 11) is 0. The molecule has 4 heterocycles. The molecule has 1 aliphatic rings. The number of nitrogens with one attached hydrogen (secondary N) is 2. The topological polar surface area (TPSA) is 138 Å². The van der Waals surface area contributed by atoms with E-state index in [1.54, 1.807) is 11.0 Å². The Hall–Kier alpha value is -3.90. The summed E-state index contributed by atoms with van der Waals surface area (Å²) in [5.74, 6) is 3.38. The van der Waals surface area contributed by atoms with Crippen LogP contribution in [0, 0.1) is 6.92 Å². The van der Waals surface area contributed by atoms with Gasteiger partial charge in [0.05, 0.1) is 11.7 Å². The zero-order valence-electron chi connectivity index (χ0n) is 18.0. The van der Waals surface area contributed by atoms with Gasteiger partial charge in [0.1, 0.15) is 18.5 Å². The molecule has 1 aliphatic heterocycles. The Kier molecular flexibility index (Phi) is 6.17. The first kappa shape index (κ1) is 21.0. The van der Waals surface area contributed by atoms with Crippen molar-refractivity contribution in [1.82, 2.24) is 45.6 Å². The van der Waals surface area contributed by atoms with Crippen molar-refractivity contribution in [2.45, 2.75) is 25.9 Å². The molecule has 1 aromatic carbocycles. The van der Waals surface area contributed by atoms with E-state index in [9.17, 15) is 0 Å². The van der Waals surface area contributed by atoms with E-state index in [0.29, 0.717) is 30.5 Å². The molecular formula is C21H23N9O3. The van der Waals surface area contributed by atoms with Crippen LogP contribution in [-0.2, 0) is 13.0 Å². The van der Waals surface area contributed by atoms with Crippen LogP contribution in [-0.4, -0.2) is 54.8 Å². The van der Waals surface area contributed by atoms with Crippen molar-refractivity contribution in [2.75, 3.05) is 19.9 Å². The van der Waals surface area contributed by atoms with Gasteiger partial charge in [-0.25, -0.2) is 19.6 Å². The summed E-state index contributed by atoms with van der Waals surface area (Å²) in [5.41, 5.74) is 1.94. The molecular weight excluding hydrogens is 426 g/mol. The van der Waals surface area contributed by atoms with E-state index < -0.39 is 0 Å². The number of nitrogens with zero attached hydrogens (tertiary/aromatic N) is 7. The minimum Gasteiger partial charge on any atom is -0.454 e. The van der Waals surface area contributed by atoms with Gasteiger partial charge in [0.25, 0.3) is 0 Å². The van der Waals surface area contributed by atoms with E-state index in [1.807, 2.05) is 31.2 Å². The monoisotopic (exact) mass is 449 g/mol. The molecule has 4 aromatic rings. The molecule has 0 amide bonds. The van der Waals surface area contributed by atoms with Crippen molar-refractivity contribution in [1.29, 1.82) is 0 Å². The van der Waals surface area contributed by atoms with Gasteiger partial charge in [-0.15, -0.1) is 10.2 Å². The number of aryl methyl sites for hydroxylation is 1. The fourth-order valence-electron chi connectivity index (χ4n) is 3.56. The molecule has 12 nitrogen and oxygen atoms in total. The Morgan fingerprint density at radius 2 is 2.06 bits per heavy atom. The van der Waals surface area contributed by atoms with Crippen LogP contribution < -0.4 is 20.1 Å². The fraction of sp³-hybridized carbons (Fsp3) is 0.333. The van der Waals surface area contributed by atoms with Gasteiger partial charge in [0.15, 0.2) is 17.3 Å². The summed E-state index contributed by atoms with van der Waals surface area (Å²) in [6, 6.07) is 7.69. The Balaban J connectivity index is 1.23. The van der Waals surface area contributed by atoms with Crippen LogP contribution in [0.5, 0.6) is 11.5 Å². The average molecular weight is 449 g/mol. The molecule has 33 heavy (non-hydrogen) atoms. The number of hydrogen-bond donors (Lipinski definition) is 2. The lowest BCUT2D eigenvalue weighted by Gasteiger charge is -2.18. The van der Waals surface area contributed by atoms with Crippen LogP contribution in [0.2, 0.25) is 0 Å². The minimum atomic E-state index is -0.151. The van der Waals surface area contributed by atoms with Crippen LogP contribution in [0.3, 0.4) is 0 Å². The normalized spacial score (nSPS) is 13.4. The van der Waals surface area contributed by atoms with Crippen molar-refractivity contribution >= 4 is 0 Å². The second-order valence-corrected chi connectivity index (χ2v) is 7.45. The number of rotatable bonds is 10. The van der Waals surface area contributed by atoms with Gasteiger partial charge in [-0.3, -0.25) is 0 Å². The maximum absolute atomic E-state index is 5.44. The molecule has 0 saturated carbocycles. The highest BCUT2D eigenvalue weighted by molar-refractivity contribution is 5.44. The van der Waals surface area contributed by atoms with E-state index in [2.05, 4.69) is 40.9 Å². The Bertz CT molecular complexity index is 1180. The maximum Gasteiger partial charge on any atom is 0.231 e. The van der Waals surface area contributed by atoms with Gasteiger partial charge in [0.2, 0.25) is 19.1 Å². The molecule has 0 aliphatic carbocycles. The van der Waals surface area contributed by atoms with Crippen molar-refractivity contribution in [2.24, 2.45) is 0 Å². The number of ether oxygens (including phenoxy) is 2. The first-order valence-electron chi connectivity index (χ1n) is 10.5. The Morgan fingerprint density at radius 3 is 2.91 bits per heavy atom. The van der Waals surface area contributed by atoms with E-state index >= 15 is 0 Å². The molecule has 3 aromatic heterocycles. The van der Waals surface area contributed by atoms with Gasteiger partial charge in [0, 0.05) is 32.1 Å². The van der Waals surface area contributed by atoms with Crippen molar-refractivity contribution in [3.05, 3.63) is 66.3 Å². The van der Waals surface area contributed by atoms with Crippen LogP contribution in [0.25, 0.3) is 5.82 Å². The third-order valence-electron chi connectivity index (χ3n) is 5.10. The molecule has 170 valence electrons. The molecule has 0 spiro atoms. The van der Waals surface area contributed by atoms with Crippen molar-refractivity contribution < 1.29 is 13.9 Å². The summed E-state index contributed by atoms with van der Waals surface area (Å²) in [4.78, 5) is 13.1. The second-order valence-electron chi connectivity index (χ2n) is 7.45. The molecule has 2 N–H and O–H groups in total. The molecule has 12 heteroatoms. The molecule has 1 atom stereocenters. The first-order chi connectivity index (χ1) is 16.2. The van der Waals surface area contributed by atoms with Gasteiger partial charge >= 0.3 is 0 Å². The molecule has 1 unspecified atom stereocenters. The van der Waals surface area contributed by atoms with E-state index in [-0.39, 0.29) is 12.8 Å². The average Bonchev–Trinajstić information content (AvgIpc) is 3.60. The number of fused-ring (bicyclic) bond motifs is 1. The standard InChI is InChI=1S/C21H23N9O3/c1-14-27-17(7-20(28-14)30-11-23-10-26-30)16(8-21-29-25-12-31-21)24-5-4-22-9-15-2-3-18-19(6-15)33-13-32-18/h2-3,6-7,10-12,16,22,24H,4-5,8-9,13H2,1H3. The largest absolute Gasteiger partial charge is 0.454 e. The summed E-state index contributed by atoms with van der Waals surface area (Å²) in [5, 5.41) is 18.9. The van der Waals surface area contributed by atoms with Gasteiger partial charge in [-0.05, 0) is 24.6 Å². The lowest BCUT2D eigenvalue weighted by Crippen LogP contribution is -2.32. The van der Waals surface area contributed by atoms with Crippen LogP contribution in [0.15, 0.2) is 47.7 Å². The third-order valence-corrected chi connectivity index (χ3v) is 5.10. The highest BCUT2D eigenvalue weighted by Crippen LogP contribution is 2.32. The predicted octanol–water partition coefficient (Wildman–Crippen LogP) is 1.14. The predicted molar refractivity (Wildman–Crippen MR) is 115 cm³/mol. The number of benzene rings is 1. The van der Waals surface area contributed by atoms with Gasteiger partial charge in [-0.2, -0.15) is 5.10 Å². The SMILES string of the molecule is Cc1nc(C(Cc2nnco2)NCCNCc2ccc3c(c2)OCO3)cc(-n2cncn2)n1. The molecule has 0 bridgehead atoms. The maximum atomic E-state index is 5.44. The smallest absolute Gasteiger partial charge is 0.231 e. The van der Waals surface area contributed by atoms with Crippen LogP contribution in [0.4, 0.5) is 0 Å². The summed E-state index contributed by atoms with van der Waals surface area (Å²) in [6.45, 7) is 4.29. The minimum absolute atomic E-state index is 0.151. The lowest BCUT2D eigenvalue weighted by atomic mass is 10.1. The first-order valence-corrected chi connectivity index (χ1v) is 10.5. The summed E-state index contributed by atoms with van der Waals surface area (Å²) >= 11 is 0. The Labute approximate surface area is 189 Å². The molecule has 5 rings (SSSR count). The Morgan fingerprint density at radius 1 is 1.12 bits per heavy atom. The summed E-state index contributed by atoms with van der Waals surface area (Å²) in [6.07, 6.45) is 4.89. The zero-order valence-corrected chi connectivity index (χ0v) is 18.0. The summed E-state index contributed by atoms with van der Waals surface area (Å²) < 4.78 is 17.8. The quantitative estimate of drug-likeness (QED) is 0.337. The lowest BCUT2D eigenvalue weighted by molar-refractivity contribution is 0.174. The van der Waals surface area contributed by atoms with E-state index in [4.69, 9.17) is 13.9 Å². The zero-order chi connectivity index (χ0) is 22.5. The fourth-order valence-corrected chi connectivity index (χ4v) is 3.56. The van der Waals surface area contributed by atoms with Crippen molar-refractivity contribution in [3.63, 3.8) is 0 Å². The van der Waals surface area contributed by atoms with Gasteiger partial charge in [-0.1, -0.05) is 6.07 Å². The molecule has 0 fully saturated rings. The highest BCUT2D eigenvalue weighted by atomic mass is 16.7. The number of hydrogen-bond acceptors (Lipinski definition) is 11. The second kappa shape index (κ2) is 9.71. The number of aromatic nitrogens is 7. The highest BCUT2D eigenvalue weighted by Gasteiger charge is 2.19. The molecule has 0 radical (unpaired) electrons. The van der Waals surface area contributed by atoms with Gasteiger partial charge < -0.3 is 24.5 Å². The van der Waals surface area contributed by atoms with Crippen LogP contribution >= 0.6 is 0 Å². The van der Waals surface area contributed by atoms with E-state index in [1.165, 1.54) is 12.7 Å². The van der Waals surface area contributed by atoms with Crippen molar-refractivity contribution in [3.8, 4) is 17.3 Å². The van der Waals surface area contributed by atoms with E-state index in [0.717, 1.165) is 35.8 Å².